The zero-order valence-corrected chi connectivity index (χ0v) is 17.6. The fourth-order valence-electron chi connectivity index (χ4n) is 2.28. The number of carbonyl (C=O) groups excluding carboxylic acids is 1. The molecular weight excluding hydrogens is 444 g/mol. The first-order valence-corrected chi connectivity index (χ1v) is 9.29. The Morgan fingerprint density at radius 3 is 2.61 bits per heavy atom. The molecule has 0 aliphatic carbocycles. The third kappa shape index (κ3) is 7.09. The second kappa shape index (κ2) is 12.3. The number of amides is 1. The molecule has 0 saturated carbocycles. The van der Waals surface area contributed by atoms with Crippen LogP contribution in [0, 0.1) is 4.91 Å². The van der Waals surface area contributed by atoms with Crippen LogP contribution in [0.15, 0.2) is 50.0 Å². The molecule has 0 spiro atoms. The number of nitrogens with zero attached hydrogens (tertiary/aromatic N) is 2. The van der Waals surface area contributed by atoms with Crippen LogP contribution >= 0.6 is 0 Å². The van der Waals surface area contributed by atoms with Gasteiger partial charge in [-0.3, -0.25) is 4.79 Å². The van der Waals surface area contributed by atoms with E-state index in [0.717, 1.165) is 0 Å². The van der Waals surface area contributed by atoms with Crippen molar-refractivity contribution in [2.75, 3.05) is 27.8 Å². The van der Waals surface area contributed by atoms with Crippen LogP contribution in [-0.4, -0.2) is 43.8 Å². The first-order valence-electron chi connectivity index (χ1n) is 9.29. The fourth-order valence-corrected chi connectivity index (χ4v) is 2.28. The van der Waals surface area contributed by atoms with Crippen molar-refractivity contribution < 1.29 is 47.0 Å². The minimum absolute atomic E-state index is 0.0200. The monoisotopic (exact) mass is 465 g/mol. The zero-order chi connectivity index (χ0) is 23.5. The molecule has 3 heterocycles. The predicted octanol–water partition coefficient (Wildman–Crippen LogP) is 2.46. The average Bonchev–Trinajstić information content (AvgIpc) is 3.59. The van der Waals surface area contributed by atoms with Gasteiger partial charge in [0.2, 0.25) is 6.29 Å². The molecule has 3 aromatic heterocycles. The fraction of sp³-hybridized carbons (Fsp3) is 0.263. The van der Waals surface area contributed by atoms with Crippen molar-refractivity contribution in [3.63, 3.8) is 0 Å². The summed E-state index contributed by atoms with van der Waals surface area (Å²) in [5.41, 5.74) is 4.06. The van der Waals surface area contributed by atoms with E-state index in [4.69, 9.17) is 32.3 Å². The van der Waals surface area contributed by atoms with E-state index in [1.54, 1.807) is 24.3 Å². The van der Waals surface area contributed by atoms with Crippen molar-refractivity contribution in [3.8, 4) is 0 Å². The lowest BCUT2D eigenvalue weighted by atomic mass is 10.3. The lowest BCUT2D eigenvalue weighted by Crippen LogP contribution is -2.39. The van der Waals surface area contributed by atoms with Crippen molar-refractivity contribution in [2.24, 2.45) is 0 Å². The molecule has 14 heteroatoms. The number of carbonyl (C=O) groups is 1. The highest BCUT2D eigenvalue weighted by molar-refractivity contribution is 5.92. The van der Waals surface area contributed by atoms with E-state index >= 15 is 0 Å². The van der Waals surface area contributed by atoms with E-state index < -0.39 is 12.2 Å². The topological polar surface area (TPSA) is 160 Å². The molecule has 0 bridgehead atoms. The van der Waals surface area contributed by atoms with E-state index in [1.807, 2.05) is 5.59 Å². The molecule has 0 saturated heterocycles. The van der Waals surface area contributed by atoms with Crippen LogP contribution in [0.5, 0.6) is 0 Å². The maximum absolute atomic E-state index is 12.1. The van der Waals surface area contributed by atoms with Gasteiger partial charge in [0.25, 0.3) is 5.91 Å². The Kier molecular flexibility index (Phi) is 8.87. The summed E-state index contributed by atoms with van der Waals surface area (Å²) < 4.78 is 35.7. The van der Waals surface area contributed by atoms with Crippen molar-refractivity contribution >= 4 is 23.9 Å². The normalized spacial score (nSPS) is 11.4. The summed E-state index contributed by atoms with van der Waals surface area (Å²) in [6.45, 7) is -0.171. The second-order valence-electron chi connectivity index (χ2n) is 6.02. The maximum atomic E-state index is 12.1. The van der Waals surface area contributed by atoms with Crippen LogP contribution in [0.1, 0.15) is 34.1 Å². The largest absolute Gasteiger partial charge is 0.482 e. The third-order valence-corrected chi connectivity index (χ3v) is 3.71. The van der Waals surface area contributed by atoms with Gasteiger partial charge in [-0.05, 0) is 30.4 Å². The SMILES string of the molecule is COCOC(OCOC)c1ccc([N+](=O)ONNC(=O)c2cc(/C=C\c3ccco3)on2)o1. The minimum Gasteiger partial charge on any atom is -0.465 e. The van der Waals surface area contributed by atoms with Crippen molar-refractivity contribution in [1.82, 2.24) is 16.2 Å². The Morgan fingerprint density at radius 2 is 1.91 bits per heavy atom. The number of methoxy groups -OCH3 is 2. The Hall–Kier alpha value is -3.82. The molecule has 0 aliphatic rings. The highest BCUT2D eigenvalue weighted by Gasteiger charge is 2.27. The Morgan fingerprint density at radius 1 is 1.15 bits per heavy atom. The van der Waals surface area contributed by atoms with Gasteiger partial charge in [0, 0.05) is 25.9 Å². The van der Waals surface area contributed by atoms with E-state index in [2.05, 4.69) is 15.5 Å². The van der Waals surface area contributed by atoms with Crippen molar-refractivity contribution in [2.45, 2.75) is 6.29 Å². The smallest absolute Gasteiger partial charge is 0.465 e. The second-order valence-corrected chi connectivity index (χ2v) is 6.02. The van der Waals surface area contributed by atoms with Crippen molar-refractivity contribution in [3.05, 3.63) is 64.5 Å². The molecule has 3 rings (SSSR count). The Bertz CT molecular complexity index is 1030. The van der Waals surface area contributed by atoms with Gasteiger partial charge in [-0.2, -0.15) is 0 Å². The number of rotatable bonds is 14. The van der Waals surface area contributed by atoms with Gasteiger partial charge in [0.15, 0.2) is 17.2 Å². The molecular formula is C19H21N4O10+. The molecule has 14 nitrogen and oxygen atoms in total. The molecule has 0 unspecified atom stereocenters. The zero-order valence-electron chi connectivity index (χ0n) is 17.6. The summed E-state index contributed by atoms with van der Waals surface area (Å²) in [6, 6.07) is 7.60. The molecule has 0 fully saturated rings. The highest BCUT2D eigenvalue weighted by Crippen LogP contribution is 2.25. The van der Waals surface area contributed by atoms with E-state index in [1.165, 1.54) is 38.7 Å². The minimum atomic E-state index is -0.983. The summed E-state index contributed by atoms with van der Waals surface area (Å²) in [5.74, 6) is 0.0970. The molecule has 3 aromatic rings. The van der Waals surface area contributed by atoms with E-state index in [0.29, 0.717) is 11.5 Å². The molecule has 0 aromatic carbocycles. The lowest BCUT2D eigenvalue weighted by Gasteiger charge is -2.14. The number of hydrogen-bond acceptors (Lipinski definition) is 12. The number of hydrogen-bond donors (Lipinski definition) is 2. The lowest BCUT2D eigenvalue weighted by molar-refractivity contribution is -0.773. The van der Waals surface area contributed by atoms with Crippen LogP contribution in [-0.2, 0) is 23.9 Å². The number of nitrogens with one attached hydrogen (secondary N) is 2. The average molecular weight is 465 g/mol. The van der Waals surface area contributed by atoms with E-state index in [-0.39, 0.29) is 35.8 Å². The summed E-state index contributed by atoms with van der Waals surface area (Å²) in [5, 5.41) is 3.62. The number of ether oxygens (including phenoxy) is 4. The number of aromatic nitrogens is 1. The van der Waals surface area contributed by atoms with Gasteiger partial charge < -0.3 is 32.3 Å². The van der Waals surface area contributed by atoms with Gasteiger partial charge in [0.05, 0.1) is 17.2 Å². The summed E-state index contributed by atoms with van der Waals surface area (Å²) in [4.78, 5) is 28.8. The standard InChI is InChI=1S/C19H20N4O10/c1-26-11-29-19(30-12-27-2)16-7-8-17(31-16)23(25)33-22-20-18(24)15-10-14(32-21-15)6-5-13-4-3-9-28-13/h3-10,19H,11-12H2,1-2H3,(H-,20,21,22,24)/p+1/b6-5-. The van der Waals surface area contributed by atoms with Gasteiger partial charge in [-0.25, -0.2) is 5.43 Å². The van der Waals surface area contributed by atoms with Crippen LogP contribution in [0.25, 0.3) is 12.2 Å². The van der Waals surface area contributed by atoms with Crippen molar-refractivity contribution in [1.29, 1.82) is 0 Å². The molecule has 2 N–H and O–H groups in total. The molecule has 0 radical (unpaired) electrons. The molecule has 1 amide bonds. The Labute approximate surface area is 186 Å². The molecule has 176 valence electrons. The first kappa shape index (κ1) is 23.8. The quantitative estimate of drug-likeness (QED) is 0.265. The number of hydrazine groups is 1. The van der Waals surface area contributed by atoms with Gasteiger partial charge in [-0.1, -0.05) is 10.1 Å². The predicted molar refractivity (Wildman–Crippen MR) is 106 cm³/mol. The third-order valence-electron chi connectivity index (χ3n) is 3.71. The van der Waals surface area contributed by atoms with Crippen LogP contribution in [0.4, 0.5) is 5.88 Å². The van der Waals surface area contributed by atoms with Crippen LogP contribution in [0.3, 0.4) is 0 Å². The summed E-state index contributed by atoms with van der Waals surface area (Å²) in [6.07, 6.45) is 3.75. The van der Waals surface area contributed by atoms with Gasteiger partial charge in [0.1, 0.15) is 19.3 Å². The molecule has 0 atom stereocenters. The highest BCUT2D eigenvalue weighted by atomic mass is 16.9. The molecule has 33 heavy (non-hydrogen) atoms. The Balaban J connectivity index is 1.47. The van der Waals surface area contributed by atoms with Crippen LogP contribution < -0.4 is 11.0 Å². The molecule has 0 aliphatic heterocycles. The maximum Gasteiger partial charge on any atom is 0.482 e. The first-order chi connectivity index (χ1) is 16.1. The summed E-state index contributed by atoms with van der Waals surface area (Å²) >= 11 is 0. The number of furan rings is 2. The van der Waals surface area contributed by atoms with Gasteiger partial charge >= 0.3 is 10.8 Å². The van der Waals surface area contributed by atoms with Crippen LogP contribution in [0.2, 0.25) is 0 Å². The summed E-state index contributed by atoms with van der Waals surface area (Å²) in [7, 11) is 2.87. The van der Waals surface area contributed by atoms with E-state index in [9.17, 15) is 9.70 Å². The van der Waals surface area contributed by atoms with Gasteiger partial charge in [-0.15, -0.1) is 0 Å².